The van der Waals surface area contributed by atoms with Gasteiger partial charge < -0.3 is 0 Å². The number of hydrogen-bond donors (Lipinski definition) is 0. The Labute approximate surface area is 89.5 Å². The van der Waals surface area contributed by atoms with Crippen LogP contribution in [0.2, 0.25) is 0 Å². The van der Waals surface area contributed by atoms with E-state index in [4.69, 9.17) is 0 Å². The summed E-state index contributed by atoms with van der Waals surface area (Å²) in [4.78, 5) is 0. The maximum Gasteiger partial charge on any atom is 0.282 e. The maximum atomic E-state index is 12.3. The van der Waals surface area contributed by atoms with Crippen molar-refractivity contribution >= 4 is 22.6 Å². The molecule has 0 bridgehead atoms. The van der Waals surface area contributed by atoms with Crippen molar-refractivity contribution in [3.8, 4) is 0 Å². The van der Waals surface area contributed by atoms with Crippen LogP contribution in [0.1, 0.15) is 32.9 Å². The highest BCUT2D eigenvalue weighted by Crippen LogP contribution is 2.23. The molecule has 0 fully saturated rings. The number of aromatic nitrogens is 2. The van der Waals surface area contributed by atoms with Crippen molar-refractivity contribution in [2.45, 2.75) is 32.7 Å². The first-order valence-electron chi connectivity index (χ1n) is 3.86. The average Bonchev–Trinajstić information content (AvgIpc) is 2.29. The summed E-state index contributed by atoms with van der Waals surface area (Å²) in [5.74, 6) is 0. The van der Waals surface area contributed by atoms with E-state index in [0.29, 0.717) is 0 Å². The van der Waals surface area contributed by atoms with Crippen molar-refractivity contribution < 1.29 is 8.78 Å². The molecule has 0 amide bonds. The van der Waals surface area contributed by atoms with E-state index in [1.807, 2.05) is 43.4 Å². The molecular formula is C8H11F2IN2. The first-order valence-corrected chi connectivity index (χ1v) is 4.94. The molecule has 0 N–H and O–H groups in total. The molecule has 1 aromatic rings. The summed E-state index contributed by atoms with van der Waals surface area (Å²) in [7, 11) is 0. The van der Waals surface area contributed by atoms with Gasteiger partial charge in [-0.3, -0.25) is 4.68 Å². The summed E-state index contributed by atoms with van der Waals surface area (Å²) >= 11 is 2.01. The van der Waals surface area contributed by atoms with Crippen LogP contribution in [0.15, 0.2) is 6.07 Å². The van der Waals surface area contributed by atoms with Crippen LogP contribution >= 0.6 is 22.6 Å². The van der Waals surface area contributed by atoms with Crippen molar-refractivity contribution in [1.82, 2.24) is 9.78 Å². The molecule has 0 radical (unpaired) electrons. The van der Waals surface area contributed by atoms with Gasteiger partial charge in [0.25, 0.3) is 6.43 Å². The fraction of sp³-hybridized carbons (Fsp3) is 0.625. The number of hydrogen-bond acceptors (Lipinski definition) is 1. The van der Waals surface area contributed by atoms with Gasteiger partial charge in [-0.1, -0.05) is 0 Å². The summed E-state index contributed by atoms with van der Waals surface area (Å²) in [6.45, 7) is 5.78. The second kappa shape index (κ2) is 3.51. The quantitative estimate of drug-likeness (QED) is 0.728. The Morgan fingerprint density at radius 3 is 2.23 bits per heavy atom. The molecule has 5 heteroatoms. The molecule has 2 nitrogen and oxygen atoms in total. The van der Waals surface area contributed by atoms with Crippen LogP contribution < -0.4 is 0 Å². The number of halogens is 3. The second-order valence-corrected chi connectivity index (χ2v) is 4.88. The molecule has 74 valence electrons. The molecule has 1 heterocycles. The van der Waals surface area contributed by atoms with Crippen LogP contribution in [0.4, 0.5) is 8.78 Å². The van der Waals surface area contributed by atoms with Crippen LogP contribution in [0.25, 0.3) is 0 Å². The molecule has 0 aromatic carbocycles. The van der Waals surface area contributed by atoms with Crippen molar-refractivity contribution in [1.29, 1.82) is 0 Å². The number of rotatable bonds is 1. The molecule has 0 spiro atoms. The fourth-order valence-electron chi connectivity index (χ4n) is 0.952. The molecule has 1 rings (SSSR count). The van der Waals surface area contributed by atoms with Gasteiger partial charge in [0, 0.05) is 0 Å². The molecule has 0 saturated heterocycles. The van der Waals surface area contributed by atoms with Gasteiger partial charge in [0.15, 0.2) is 0 Å². The molecule has 0 aliphatic rings. The van der Waals surface area contributed by atoms with Crippen LogP contribution in [-0.4, -0.2) is 9.78 Å². The molecular weight excluding hydrogens is 289 g/mol. The van der Waals surface area contributed by atoms with Gasteiger partial charge in [-0.2, -0.15) is 5.10 Å². The van der Waals surface area contributed by atoms with E-state index in [1.165, 1.54) is 6.07 Å². The third kappa shape index (κ3) is 2.38. The number of alkyl halides is 2. The summed E-state index contributed by atoms with van der Waals surface area (Å²) in [6.07, 6.45) is -2.49. The predicted octanol–water partition coefficient (Wildman–Crippen LogP) is 3.18. The summed E-state index contributed by atoms with van der Waals surface area (Å²) < 4.78 is 26.9. The lowest BCUT2D eigenvalue weighted by Crippen LogP contribution is -2.24. The SMILES string of the molecule is CC(C)(C)n1nc(C(F)F)cc1I. The molecule has 1 aromatic heterocycles. The zero-order valence-electron chi connectivity index (χ0n) is 7.68. The van der Waals surface area contributed by atoms with Crippen LogP contribution in [-0.2, 0) is 5.54 Å². The standard InChI is InChI=1S/C8H11F2IN2/c1-8(2,3)13-6(11)4-5(12-13)7(9)10/h4,7H,1-3H3. The minimum atomic E-state index is -2.49. The largest absolute Gasteiger partial charge is 0.282 e. The van der Waals surface area contributed by atoms with E-state index in [1.54, 1.807) is 4.68 Å². The van der Waals surface area contributed by atoms with Crippen LogP contribution in [0, 0.1) is 3.70 Å². The molecule has 0 unspecified atom stereocenters. The van der Waals surface area contributed by atoms with E-state index in [9.17, 15) is 8.78 Å². The van der Waals surface area contributed by atoms with E-state index in [2.05, 4.69) is 5.10 Å². The summed E-state index contributed by atoms with van der Waals surface area (Å²) in [5, 5.41) is 3.84. The molecule has 0 saturated carbocycles. The molecule has 0 aliphatic heterocycles. The summed E-state index contributed by atoms with van der Waals surface area (Å²) in [6, 6.07) is 1.41. The lowest BCUT2D eigenvalue weighted by Gasteiger charge is -2.20. The highest BCUT2D eigenvalue weighted by Gasteiger charge is 2.21. The lowest BCUT2D eigenvalue weighted by atomic mass is 10.1. The molecule has 0 aliphatic carbocycles. The second-order valence-electron chi connectivity index (χ2n) is 3.78. The zero-order chi connectivity index (χ0) is 10.2. The van der Waals surface area contributed by atoms with Gasteiger partial charge in [-0.25, -0.2) is 8.78 Å². The third-order valence-corrected chi connectivity index (χ3v) is 2.31. The van der Waals surface area contributed by atoms with Crippen molar-refractivity contribution in [3.05, 3.63) is 15.5 Å². The Kier molecular flexibility index (Phi) is 2.94. The molecule has 0 atom stereocenters. The Hall–Kier alpha value is -0.200. The lowest BCUT2D eigenvalue weighted by molar-refractivity contribution is 0.143. The van der Waals surface area contributed by atoms with Gasteiger partial charge >= 0.3 is 0 Å². The monoisotopic (exact) mass is 300 g/mol. The highest BCUT2D eigenvalue weighted by molar-refractivity contribution is 14.1. The minimum absolute atomic E-state index is 0.153. The van der Waals surface area contributed by atoms with Crippen molar-refractivity contribution in [2.24, 2.45) is 0 Å². The zero-order valence-corrected chi connectivity index (χ0v) is 9.84. The third-order valence-electron chi connectivity index (χ3n) is 1.54. The van der Waals surface area contributed by atoms with Crippen LogP contribution in [0.3, 0.4) is 0 Å². The molecule has 13 heavy (non-hydrogen) atoms. The Morgan fingerprint density at radius 1 is 1.46 bits per heavy atom. The van der Waals surface area contributed by atoms with Crippen molar-refractivity contribution in [3.63, 3.8) is 0 Å². The Morgan fingerprint density at radius 2 is 2.00 bits per heavy atom. The normalized spacial score (nSPS) is 12.5. The van der Waals surface area contributed by atoms with Gasteiger partial charge in [0.05, 0.1) is 5.54 Å². The first kappa shape index (κ1) is 10.9. The van der Waals surface area contributed by atoms with Crippen LogP contribution in [0.5, 0.6) is 0 Å². The fourth-order valence-corrected chi connectivity index (χ4v) is 2.10. The smallest absolute Gasteiger partial charge is 0.254 e. The highest BCUT2D eigenvalue weighted by atomic mass is 127. The van der Waals surface area contributed by atoms with Gasteiger partial charge in [-0.05, 0) is 49.4 Å². The Bertz CT molecular complexity index is 302. The van der Waals surface area contributed by atoms with E-state index >= 15 is 0 Å². The van der Waals surface area contributed by atoms with Crippen molar-refractivity contribution in [2.75, 3.05) is 0 Å². The van der Waals surface area contributed by atoms with Gasteiger partial charge in [0.1, 0.15) is 9.39 Å². The van der Waals surface area contributed by atoms with E-state index in [0.717, 1.165) is 3.70 Å². The summed E-state index contributed by atoms with van der Waals surface area (Å²) in [5.41, 5.74) is -0.400. The minimum Gasteiger partial charge on any atom is -0.254 e. The van der Waals surface area contributed by atoms with E-state index < -0.39 is 6.43 Å². The average molecular weight is 300 g/mol. The van der Waals surface area contributed by atoms with Gasteiger partial charge in [0.2, 0.25) is 0 Å². The Balaban J connectivity index is 3.11. The first-order chi connectivity index (χ1) is 5.82. The van der Waals surface area contributed by atoms with Gasteiger partial charge in [-0.15, -0.1) is 0 Å². The maximum absolute atomic E-state index is 12.3. The van der Waals surface area contributed by atoms with E-state index in [-0.39, 0.29) is 11.2 Å². The topological polar surface area (TPSA) is 17.8 Å². The number of nitrogens with zero attached hydrogens (tertiary/aromatic N) is 2. The predicted molar refractivity (Wildman–Crippen MR) is 54.9 cm³/mol.